The molecule has 6 heteroatoms. The van der Waals surface area contributed by atoms with Crippen LogP contribution in [-0.2, 0) is 6.61 Å². The van der Waals surface area contributed by atoms with Crippen LogP contribution in [0.3, 0.4) is 0 Å². The van der Waals surface area contributed by atoms with E-state index in [4.69, 9.17) is 21.1 Å². The summed E-state index contributed by atoms with van der Waals surface area (Å²) in [5.41, 5.74) is 3.13. The maximum Gasteiger partial charge on any atom is 0.138 e. The van der Waals surface area contributed by atoms with Gasteiger partial charge in [0.15, 0.2) is 0 Å². The fraction of sp³-hybridized carbons (Fsp3) is 0.0909. The van der Waals surface area contributed by atoms with Crippen molar-refractivity contribution in [3.05, 3.63) is 83.4 Å². The first-order chi connectivity index (χ1) is 13.6. The topological polar surface area (TPSA) is 44.2 Å². The minimum absolute atomic E-state index is 0.229. The Morgan fingerprint density at radius 2 is 1.89 bits per heavy atom. The quantitative estimate of drug-likeness (QED) is 0.437. The van der Waals surface area contributed by atoms with Gasteiger partial charge in [-0.2, -0.15) is 0 Å². The maximum absolute atomic E-state index is 13.3. The Morgan fingerprint density at radius 3 is 2.68 bits per heavy atom. The molecule has 0 amide bonds. The van der Waals surface area contributed by atoms with Gasteiger partial charge in [-0.15, -0.1) is 0 Å². The van der Waals surface area contributed by atoms with E-state index in [1.54, 1.807) is 31.4 Å². The highest BCUT2D eigenvalue weighted by molar-refractivity contribution is 6.32. The summed E-state index contributed by atoms with van der Waals surface area (Å²) in [6.45, 7) is 0.229. The van der Waals surface area contributed by atoms with Gasteiger partial charge >= 0.3 is 0 Å². The van der Waals surface area contributed by atoms with Crippen LogP contribution >= 0.6 is 11.6 Å². The van der Waals surface area contributed by atoms with E-state index in [9.17, 15) is 4.39 Å². The Labute approximate surface area is 166 Å². The number of aromatic nitrogens is 2. The van der Waals surface area contributed by atoms with Crippen molar-refractivity contribution < 1.29 is 13.9 Å². The van der Waals surface area contributed by atoms with E-state index in [0.29, 0.717) is 10.8 Å². The molecule has 4 nitrogen and oxygen atoms in total. The highest BCUT2D eigenvalue weighted by atomic mass is 35.5. The highest BCUT2D eigenvalue weighted by Crippen LogP contribution is 2.33. The first-order valence-electron chi connectivity index (χ1n) is 8.60. The second kappa shape index (κ2) is 7.82. The van der Waals surface area contributed by atoms with Crippen LogP contribution in [0.5, 0.6) is 11.5 Å². The van der Waals surface area contributed by atoms with Crippen molar-refractivity contribution in [1.82, 2.24) is 9.97 Å². The third-order valence-corrected chi connectivity index (χ3v) is 4.63. The second-order valence-electron chi connectivity index (χ2n) is 6.17. The van der Waals surface area contributed by atoms with Gasteiger partial charge in [-0.1, -0.05) is 23.7 Å². The van der Waals surface area contributed by atoms with E-state index in [-0.39, 0.29) is 12.4 Å². The van der Waals surface area contributed by atoms with Crippen molar-refractivity contribution in [2.75, 3.05) is 7.11 Å². The van der Waals surface area contributed by atoms with Gasteiger partial charge < -0.3 is 9.47 Å². The number of methoxy groups -OCH3 is 1. The average molecular weight is 395 g/mol. The van der Waals surface area contributed by atoms with Crippen LogP contribution in [-0.4, -0.2) is 17.1 Å². The lowest BCUT2D eigenvalue weighted by molar-refractivity contribution is 0.306. The SMILES string of the molecule is COc1ccc2c(-c3ccc(OCc4cccc(F)c4)c(Cl)c3)ncnc2c1. The summed E-state index contributed by atoms with van der Waals surface area (Å²) in [7, 11) is 1.62. The van der Waals surface area contributed by atoms with Crippen molar-refractivity contribution in [2.45, 2.75) is 6.61 Å². The van der Waals surface area contributed by atoms with Crippen LogP contribution in [0, 0.1) is 5.82 Å². The second-order valence-corrected chi connectivity index (χ2v) is 6.58. The van der Waals surface area contributed by atoms with Gasteiger partial charge in [0, 0.05) is 17.0 Å². The Hall–Kier alpha value is -3.18. The fourth-order valence-corrected chi connectivity index (χ4v) is 3.18. The Bertz CT molecular complexity index is 1150. The lowest BCUT2D eigenvalue weighted by Gasteiger charge is -2.11. The number of hydrogen-bond acceptors (Lipinski definition) is 4. The van der Waals surface area contributed by atoms with Gasteiger partial charge in [-0.3, -0.25) is 0 Å². The molecule has 0 aliphatic carbocycles. The van der Waals surface area contributed by atoms with Crippen molar-refractivity contribution in [2.24, 2.45) is 0 Å². The van der Waals surface area contributed by atoms with Crippen LogP contribution in [0.15, 0.2) is 67.0 Å². The van der Waals surface area contributed by atoms with Crippen molar-refractivity contribution in [3.8, 4) is 22.8 Å². The molecule has 4 rings (SSSR count). The molecule has 3 aromatic carbocycles. The van der Waals surface area contributed by atoms with E-state index in [1.165, 1.54) is 18.5 Å². The zero-order chi connectivity index (χ0) is 19.5. The van der Waals surface area contributed by atoms with Crippen molar-refractivity contribution in [1.29, 1.82) is 0 Å². The fourth-order valence-electron chi connectivity index (χ4n) is 2.95. The predicted molar refractivity (Wildman–Crippen MR) is 107 cm³/mol. The molecule has 0 spiro atoms. The number of halogens is 2. The Morgan fingerprint density at radius 1 is 1.00 bits per heavy atom. The lowest BCUT2D eigenvalue weighted by atomic mass is 10.1. The monoisotopic (exact) mass is 394 g/mol. The van der Waals surface area contributed by atoms with Gasteiger partial charge in [-0.25, -0.2) is 14.4 Å². The van der Waals surface area contributed by atoms with Crippen LogP contribution in [0.1, 0.15) is 5.56 Å². The van der Waals surface area contributed by atoms with Crippen molar-refractivity contribution in [3.63, 3.8) is 0 Å². The summed E-state index contributed by atoms with van der Waals surface area (Å²) in [6, 6.07) is 17.4. The molecule has 1 heterocycles. The van der Waals surface area contributed by atoms with Crippen LogP contribution < -0.4 is 9.47 Å². The number of ether oxygens (including phenoxy) is 2. The number of benzene rings is 3. The molecule has 0 bridgehead atoms. The predicted octanol–water partition coefficient (Wildman–Crippen LogP) is 5.68. The molecule has 0 unspecified atom stereocenters. The maximum atomic E-state index is 13.3. The van der Waals surface area contributed by atoms with Gasteiger partial charge in [-0.05, 0) is 48.0 Å². The number of fused-ring (bicyclic) bond motifs is 1. The van der Waals surface area contributed by atoms with E-state index in [1.807, 2.05) is 24.3 Å². The Balaban J connectivity index is 1.62. The zero-order valence-electron chi connectivity index (χ0n) is 15.0. The van der Waals surface area contributed by atoms with Gasteiger partial charge in [0.2, 0.25) is 0 Å². The molecule has 28 heavy (non-hydrogen) atoms. The summed E-state index contributed by atoms with van der Waals surface area (Å²) in [6.07, 6.45) is 1.51. The molecule has 0 fully saturated rings. The van der Waals surface area contributed by atoms with Gasteiger partial charge in [0.1, 0.15) is 30.3 Å². The van der Waals surface area contributed by atoms with Crippen molar-refractivity contribution >= 4 is 22.5 Å². The molecule has 0 atom stereocenters. The average Bonchev–Trinajstić information content (AvgIpc) is 2.72. The molecular formula is C22H16ClFN2O2. The third kappa shape index (κ3) is 3.75. The molecular weight excluding hydrogens is 379 g/mol. The zero-order valence-corrected chi connectivity index (χ0v) is 15.8. The third-order valence-electron chi connectivity index (χ3n) is 4.33. The lowest BCUT2D eigenvalue weighted by Crippen LogP contribution is -1.97. The molecule has 0 saturated carbocycles. The number of hydrogen-bond donors (Lipinski definition) is 0. The molecule has 0 N–H and O–H groups in total. The molecule has 0 radical (unpaired) electrons. The summed E-state index contributed by atoms with van der Waals surface area (Å²) in [5, 5.41) is 1.35. The first-order valence-corrected chi connectivity index (χ1v) is 8.98. The van der Waals surface area contributed by atoms with E-state index >= 15 is 0 Å². The smallest absolute Gasteiger partial charge is 0.138 e. The number of nitrogens with zero attached hydrogens (tertiary/aromatic N) is 2. The largest absolute Gasteiger partial charge is 0.497 e. The van der Waals surface area contributed by atoms with E-state index < -0.39 is 0 Å². The Kier molecular flexibility index (Phi) is 5.08. The van der Waals surface area contributed by atoms with E-state index in [2.05, 4.69) is 9.97 Å². The van der Waals surface area contributed by atoms with Gasteiger partial charge in [0.25, 0.3) is 0 Å². The molecule has 140 valence electrons. The van der Waals surface area contributed by atoms with E-state index in [0.717, 1.165) is 33.5 Å². The number of rotatable bonds is 5. The molecule has 1 aromatic heterocycles. The normalized spacial score (nSPS) is 10.8. The molecule has 0 aliphatic heterocycles. The molecule has 0 saturated heterocycles. The molecule has 0 aliphatic rings. The summed E-state index contributed by atoms with van der Waals surface area (Å²) >= 11 is 6.41. The summed E-state index contributed by atoms with van der Waals surface area (Å²) in [5.74, 6) is 0.959. The first kappa shape index (κ1) is 18.2. The molecule has 4 aromatic rings. The highest BCUT2D eigenvalue weighted by Gasteiger charge is 2.11. The summed E-state index contributed by atoms with van der Waals surface area (Å²) in [4.78, 5) is 8.72. The van der Waals surface area contributed by atoms with Gasteiger partial charge in [0.05, 0.1) is 23.3 Å². The minimum atomic E-state index is -0.296. The standard InChI is InChI=1S/C22H16ClFN2O2/c1-27-17-6-7-18-20(11-17)25-13-26-22(18)15-5-8-21(19(23)10-15)28-12-14-3-2-4-16(24)9-14/h2-11,13H,12H2,1H3. The summed E-state index contributed by atoms with van der Waals surface area (Å²) < 4.78 is 24.3. The minimum Gasteiger partial charge on any atom is -0.497 e. The van der Waals surface area contributed by atoms with Crippen LogP contribution in [0.2, 0.25) is 5.02 Å². The van der Waals surface area contributed by atoms with Crippen LogP contribution in [0.25, 0.3) is 22.2 Å². The van der Waals surface area contributed by atoms with Crippen LogP contribution in [0.4, 0.5) is 4.39 Å².